The molecule has 0 bridgehead atoms. The van der Waals surface area contributed by atoms with Gasteiger partial charge in [0.05, 0.1) is 16.1 Å². The van der Waals surface area contributed by atoms with E-state index in [-0.39, 0.29) is 21.1 Å². The van der Waals surface area contributed by atoms with Gasteiger partial charge in [-0.3, -0.25) is 9.85 Å². The Morgan fingerprint density at radius 2 is 1.10 bits per heavy atom. The SMILES string of the molecule is [Pt+2].c1ccc([PH+](/N=c2\[n-]ccs2)c2ccccc2)cc1.c1ccc([PH+]([N-]c2nccs2)c2ccccc2)cc1. The van der Waals surface area contributed by atoms with Crippen LogP contribution in [0, 0.1) is 0 Å². The Morgan fingerprint density at radius 3 is 1.51 bits per heavy atom. The predicted molar refractivity (Wildman–Crippen MR) is 169 cm³/mol. The van der Waals surface area contributed by atoms with Gasteiger partial charge in [-0.1, -0.05) is 85.2 Å². The number of benzene rings is 4. The summed E-state index contributed by atoms with van der Waals surface area (Å²) < 4.78 is 4.87. The molecule has 9 heteroatoms. The van der Waals surface area contributed by atoms with E-state index < -0.39 is 16.1 Å². The second kappa shape index (κ2) is 15.8. The van der Waals surface area contributed by atoms with Gasteiger partial charge < -0.3 is 9.97 Å². The topological polar surface area (TPSA) is 53.5 Å². The van der Waals surface area contributed by atoms with Gasteiger partial charge in [-0.2, -0.15) is 22.7 Å². The fraction of sp³-hybridized carbons (Fsp3) is 0. The van der Waals surface area contributed by atoms with Crippen LogP contribution < -0.4 is 31.0 Å². The van der Waals surface area contributed by atoms with Crippen LogP contribution in [0.1, 0.15) is 0 Å². The molecule has 0 aliphatic carbocycles. The Labute approximate surface area is 253 Å². The maximum absolute atomic E-state index is 4.87. The molecule has 0 saturated heterocycles. The molecule has 0 saturated carbocycles. The Kier molecular flexibility index (Phi) is 11.8. The smallest absolute Gasteiger partial charge is 0.431 e. The molecule has 4 nitrogen and oxygen atoms in total. The number of hydrogen-bond acceptors (Lipinski definition) is 4. The van der Waals surface area contributed by atoms with Crippen molar-refractivity contribution in [2.24, 2.45) is 4.76 Å². The Balaban J connectivity index is 0.000000176. The Hall–Kier alpha value is -2.71. The van der Waals surface area contributed by atoms with Gasteiger partial charge in [-0.15, -0.1) is 0 Å². The van der Waals surface area contributed by atoms with E-state index in [1.54, 1.807) is 35.1 Å². The molecule has 0 unspecified atom stereocenters. The van der Waals surface area contributed by atoms with E-state index in [0.29, 0.717) is 0 Å². The molecule has 0 amide bonds. The van der Waals surface area contributed by atoms with Crippen molar-refractivity contribution in [1.29, 1.82) is 0 Å². The van der Waals surface area contributed by atoms with Gasteiger partial charge in [-0.25, -0.2) is 0 Å². The molecule has 4 aromatic carbocycles. The van der Waals surface area contributed by atoms with Gasteiger partial charge in [0.2, 0.25) is 0 Å². The summed E-state index contributed by atoms with van der Waals surface area (Å²) in [4.78, 5) is 9.43. The third-order valence-corrected chi connectivity index (χ3v) is 11.5. The van der Waals surface area contributed by atoms with Crippen LogP contribution in [0.4, 0.5) is 5.13 Å². The van der Waals surface area contributed by atoms with Crippen LogP contribution in [0.15, 0.2) is 149 Å². The zero-order valence-corrected chi connectivity index (χ0v) is 26.7. The van der Waals surface area contributed by atoms with Crippen LogP contribution in [0.25, 0.3) is 5.09 Å². The summed E-state index contributed by atoms with van der Waals surface area (Å²) in [6.45, 7) is 0. The first-order valence-electron chi connectivity index (χ1n) is 12.0. The molecule has 2 heterocycles. The number of aromatic nitrogens is 2. The van der Waals surface area contributed by atoms with Crippen LogP contribution in [0.3, 0.4) is 0 Å². The van der Waals surface area contributed by atoms with Crippen molar-refractivity contribution in [1.82, 2.24) is 9.97 Å². The van der Waals surface area contributed by atoms with Crippen LogP contribution in [0.5, 0.6) is 0 Å². The average molecular weight is 764 g/mol. The minimum atomic E-state index is -1.15. The molecule has 0 fully saturated rings. The van der Waals surface area contributed by atoms with Crippen molar-refractivity contribution >= 4 is 65.2 Å². The number of rotatable bonds is 7. The summed E-state index contributed by atoms with van der Waals surface area (Å²) in [5.74, 6) is 0. The van der Waals surface area contributed by atoms with Crippen LogP contribution >= 0.6 is 38.8 Å². The molecular weight excluding hydrogens is 738 g/mol. The zero-order valence-electron chi connectivity index (χ0n) is 20.8. The van der Waals surface area contributed by atoms with E-state index in [2.05, 4.69) is 107 Å². The largest absolute Gasteiger partial charge is 2.00 e. The molecule has 0 radical (unpaired) electrons. The van der Waals surface area contributed by atoms with Crippen molar-refractivity contribution in [3.63, 3.8) is 0 Å². The van der Waals surface area contributed by atoms with E-state index in [4.69, 9.17) is 9.85 Å². The molecule has 0 aliphatic heterocycles. The second-order valence-electron chi connectivity index (χ2n) is 8.01. The minimum absolute atomic E-state index is 0. The molecule has 0 atom stereocenters. The second-order valence-corrected chi connectivity index (χ2v) is 13.9. The maximum Gasteiger partial charge on any atom is 2.00 e. The molecule has 6 aromatic rings. The average Bonchev–Trinajstić information content (AvgIpc) is 3.72. The monoisotopic (exact) mass is 763 g/mol. The number of thiazole rings is 2. The van der Waals surface area contributed by atoms with Gasteiger partial charge in [0.25, 0.3) is 0 Å². The van der Waals surface area contributed by atoms with Gasteiger partial charge in [-0.05, 0) is 59.3 Å². The summed E-state index contributed by atoms with van der Waals surface area (Å²) in [5.41, 5.74) is 0. The minimum Gasteiger partial charge on any atom is -0.431 e. The molecule has 0 aliphatic rings. The van der Waals surface area contributed by atoms with Gasteiger partial charge in [0.1, 0.15) is 21.2 Å². The fourth-order valence-corrected chi connectivity index (χ4v) is 9.12. The van der Waals surface area contributed by atoms with Gasteiger partial charge in [0.15, 0.2) is 0 Å². The first kappa shape index (κ1) is 29.3. The van der Waals surface area contributed by atoms with Crippen LogP contribution in [-0.4, -0.2) is 4.98 Å². The summed E-state index contributed by atoms with van der Waals surface area (Å²) in [6, 6.07) is 41.9. The zero-order chi connectivity index (χ0) is 25.8. The van der Waals surface area contributed by atoms with E-state index in [1.807, 2.05) is 35.0 Å². The van der Waals surface area contributed by atoms with Crippen molar-refractivity contribution < 1.29 is 21.1 Å². The van der Waals surface area contributed by atoms with Crippen molar-refractivity contribution in [2.45, 2.75) is 0 Å². The van der Waals surface area contributed by atoms with Gasteiger partial charge >= 0.3 is 21.1 Å². The Bertz CT molecular complexity index is 1450. The molecule has 6 rings (SSSR count). The molecule has 196 valence electrons. The third kappa shape index (κ3) is 8.64. The molecule has 0 N–H and O–H groups in total. The van der Waals surface area contributed by atoms with Gasteiger partial charge in [0, 0.05) is 9.93 Å². The fourth-order valence-electron chi connectivity index (χ4n) is 3.71. The summed E-state index contributed by atoms with van der Waals surface area (Å²) >= 11 is 3.18. The number of hydrogen-bond donors (Lipinski definition) is 0. The molecule has 0 spiro atoms. The summed E-state index contributed by atoms with van der Waals surface area (Å²) in [6.07, 6.45) is 3.61. The first-order valence-corrected chi connectivity index (χ1v) is 16.7. The van der Waals surface area contributed by atoms with Crippen LogP contribution in [-0.2, 0) is 21.1 Å². The molecule has 39 heavy (non-hydrogen) atoms. The van der Waals surface area contributed by atoms with E-state index >= 15 is 0 Å². The molecular formula is C30H26N4P2PtS2+2. The van der Waals surface area contributed by atoms with E-state index in [1.165, 1.54) is 21.2 Å². The third-order valence-electron chi connectivity index (χ3n) is 5.44. The predicted octanol–water partition coefficient (Wildman–Crippen LogP) is 6.31. The maximum atomic E-state index is 4.87. The van der Waals surface area contributed by atoms with E-state index in [0.717, 1.165) is 9.93 Å². The standard InChI is InChI=1S/C15H13N2PS.C15H12N2PS.Pt/c2*1-3-7-13(8-4-1)18(14-9-5-2-6-10-14)17-15-16-11-12-19-15;/h1-12,18H;1-12H;/q;-1;+2/p+1. The number of nitrogens with zero attached hydrogens (tertiary/aromatic N) is 4. The quantitative estimate of drug-likeness (QED) is 0.179. The first-order chi connectivity index (χ1) is 18.9. The molecule has 2 aromatic heterocycles. The van der Waals surface area contributed by atoms with Crippen molar-refractivity contribution in [3.05, 3.63) is 154 Å². The Morgan fingerprint density at radius 1 is 0.615 bits per heavy atom. The van der Waals surface area contributed by atoms with E-state index in [9.17, 15) is 0 Å². The van der Waals surface area contributed by atoms with Crippen molar-refractivity contribution in [2.75, 3.05) is 0 Å². The van der Waals surface area contributed by atoms with Crippen molar-refractivity contribution in [3.8, 4) is 0 Å². The summed E-state index contributed by atoms with van der Waals surface area (Å²) in [7, 11) is -2.30. The normalized spacial score (nSPS) is 11.0. The van der Waals surface area contributed by atoms with Crippen LogP contribution in [0.2, 0.25) is 0 Å². The summed E-state index contributed by atoms with van der Waals surface area (Å²) in [5, 5.41) is 14.8.